The summed E-state index contributed by atoms with van der Waals surface area (Å²) < 4.78 is 5.18. The molecule has 0 saturated carbocycles. The largest absolute Gasteiger partial charge is 0.497 e. The molecule has 2 aromatic rings. The van der Waals surface area contributed by atoms with Gasteiger partial charge in [0.05, 0.1) is 20.8 Å². The molecule has 0 radical (unpaired) electrons. The number of hydrogen-bond acceptors (Lipinski definition) is 4. The van der Waals surface area contributed by atoms with E-state index in [0.717, 1.165) is 0 Å². The van der Waals surface area contributed by atoms with Crippen LogP contribution in [0.4, 0.5) is 10.5 Å². The van der Waals surface area contributed by atoms with E-state index in [9.17, 15) is 14.7 Å². The van der Waals surface area contributed by atoms with Gasteiger partial charge in [-0.2, -0.15) is 0 Å². The molecule has 0 aliphatic heterocycles. The van der Waals surface area contributed by atoms with Crippen LogP contribution in [-0.2, 0) is 4.79 Å². The fraction of sp³-hybridized carbons (Fsp3) is 0.391. The predicted molar refractivity (Wildman–Crippen MR) is 127 cm³/mol. The van der Waals surface area contributed by atoms with Crippen molar-refractivity contribution in [1.82, 2.24) is 10.6 Å². The molecule has 0 saturated heterocycles. The van der Waals surface area contributed by atoms with E-state index in [1.54, 1.807) is 45.2 Å². The molecule has 168 valence electrons. The Labute approximate surface area is 185 Å². The van der Waals surface area contributed by atoms with Gasteiger partial charge in [0.25, 0.3) is 5.91 Å². The molecule has 0 spiro atoms. The van der Waals surface area contributed by atoms with Gasteiger partial charge in [-0.1, -0.05) is 49.1 Å². The third-order valence-corrected chi connectivity index (χ3v) is 6.75. The third kappa shape index (κ3) is 7.73. The van der Waals surface area contributed by atoms with Gasteiger partial charge in [-0.05, 0) is 43.7 Å². The van der Waals surface area contributed by atoms with Crippen LogP contribution >= 0.6 is 0 Å². The van der Waals surface area contributed by atoms with Gasteiger partial charge >= 0.3 is 6.03 Å². The van der Waals surface area contributed by atoms with Gasteiger partial charge in [0.15, 0.2) is 0 Å². The summed E-state index contributed by atoms with van der Waals surface area (Å²) in [4.78, 5) is 25.4. The number of benzene rings is 2. The van der Waals surface area contributed by atoms with Gasteiger partial charge in [-0.15, -0.1) is 0 Å². The lowest BCUT2D eigenvalue weighted by molar-refractivity contribution is -0.118. The molecular formula is C23H33N3O4Si. The Morgan fingerprint density at radius 3 is 2.10 bits per heavy atom. The number of rotatable bonds is 8. The Kier molecular flexibility index (Phi) is 7.86. The zero-order valence-corrected chi connectivity index (χ0v) is 20.1. The van der Waals surface area contributed by atoms with Gasteiger partial charge in [0.2, 0.25) is 0 Å². The highest BCUT2D eigenvalue weighted by atomic mass is 28.3. The summed E-state index contributed by atoms with van der Waals surface area (Å²) in [7, 11) is 0.125. The summed E-state index contributed by atoms with van der Waals surface area (Å²) in [5.41, 5.74) is 0.201. The van der Waals surface area contributed by atoms with Crippen molar-refractivity contribution in [3.8, 4) is 5.75 Å². The molecule has 0 bridgehead atoms. The van der Waals surface area contributed by atoms with Gasteiger partial charge in [-0.3, -0.25) is 4.79 Å². The van der Waals surface area contributed by atoms with Crippen LogP contribution in [0.2, 0.25) is 19.6 Å². The summed E-state index contributed by atoms with van der Waals surface area (Å²) in [6, 6.07) is 13.3. The van der Waals surface area contributed by atoms with Crippen LogP contribution in [0, 0.1) is 0 Å². The maximum absolute atomic E-state index is 13.1. The average molecular weight is 444 g/mol. The number of nitrogens with one attached hydrogen (secondary N) is 3. The van der Waals surface area contributed by atoms with E-state index in [2.05, 4.69) is 35.6 Å². The molecule has 0 fully saturated rings. The molecule has 0 aliphatic rings. The Hall–Kier alpha value is -2.84. The van der Waals surface area contributed by atoms with E-state index in [1.807, 2.05) is 24.3 Å². The molecule has 8 heteroatoms. The standard InChI is InChI=1S/C23H33N3O4Si/c1-23(2,29)15-24-22(28)26-20(16-7-11-18(30-3)12-8-16)21(27)25-17-9-13-19(14-10-17)31(4,5)6/h7-14,20,29H,15H2,1-6H3,(H,25,27)(H2,24,26,28). The van der Waals surface area contributed by atoms with Crippen LogP contribution in [0.25, 0.3) is 0 Å². The minimum Gasteiger partial charge on any atom is -0.497 e. The van der Waals surface area contributed by atoms with Crippen LogP contribution in [0.1, 0.15) is 25.5 Å². The molecule has 2 aromatic carbocycles. The normalized spacial score (nSPS) is 12.6. The first-order valence-corrected chi connectivity index (χ1v) is 13.7. The molecule has 3 amide bonds. The lowest BCUT2D eigenvalue weighted by Gasteiger charge is -2.22. The number of amides is 3. The number of carbonyl (C=O) groups excluding carboxylic acids is 2. The SMILES string of the molecule is COc1ccc(C(NC(=O)NCC(C)(C)O)C(=O)Nc2ccc([Si](C)(C)C)cc2)cc1. The fourth-order valence-corrected chi connectivity index (χ4v) is 4.01. The summed E-state index contributed by atoms with van der Waals surface area (Å²) >= 11 is 0. The Morgan fingerprint density at radius 1 is 1.03 bits per heavy atom. The van der Waals surface area contributed by atoms with Crippen molar-refractivity contribution in [3.63, 3.8) is 0 Å². The number of aliphatic hydroxyl groups is 1. The number of urea groups is 1. The third-order valence-electron chi connectivity index (χ3n) is 4.69. The number of ether oxygens (including phenoxy) is 1. The van der Waals surface area contributed by atoms with Gasteiger partial charge in [0.1, 0.15) is 11.8 Å². The van der Waals surface area contributed by atoms with Crippen molar-refractivity contribution in [3.05, 3.63) is 54.1 Å². The smallest absolute Gasteiger partial charge is 0.315 e. The molecule has 4 N–H and O–H groups in total. The maximum Gasteiger partial charge on any atom is 0.315 e. The van der Waals surface area contributed by atoms with Crippen molar-refractivity contribution in [2.24, 2.45) is 0 Å². The lowest BCUT2D eigenvalue weighted by atomic mass is 10.1. The molecule has 31 heavy (non-hydrogen) atoms. The topological polar surface area (TPSA) is 99.7 Å². The first-order chi connectivity index (χ1) is 14.4. The van der Waals surface area contributed by atoms with Crippen LogP contribution in [0.5, 0.6) is 5.75 Å². The van der Waals surface area contributed by atoms with E-state index < -0.39 is 25.7 Å². The van der Waals surface area contributed by atoms with Crippen molar-refractivity contribution in [1.29, 1.82) is 0 Å². The highest BCUT2D eigenvalue weighted by Crippen LogP contribution is 2.20. The van der Waals surface area contributed by atoms with Crippen LogP contribution < -0.4 is 25.9 Å². The summed E-state index contributed by atoms with van der Waals surface area (Å²) in [5, 5.41) is 19.3. The second kappa shape index (κ2) is 9.98. The van der Waals surface area contributed by atoms with Crippen LogP contribution in [0.15, 0.2) is 48.5 Å². The highest BCUT2D eigenvalue weighted by Gasteiger charge is 2.24. The van der Waals surface area contributed by atoms with Crippen LogP contribution in [-0.4, -0.2) is 44.4 Å². The molecule has 0 heterocycles. The zero-order valence-electron chi connectivity index (χ0n) is 19.1. The first-order valence-electron chi connectivity index (χ1n) is 10.2. The van der Waals surface area contributed by atoms with E-state index in [0.29, 0.717) is 17.0 Å². The lowest BCUT2D eigenvalue weighted by Crippen LogP contribution is -2.46. The van der Waals surface area contributed by atoms with Crippen molar-refractivity contribution in [2.45, 2.75) is 45.1 Å². The van der Waals surface area contributed by atoms with Crippen molar-refractivity contribution < 1.29 is 19.4 Å². The molecule has 1 atom stereocenters. The van der Waals surface area contributed by atoms with Gasteiger partial charge in [-0.25, -0.2) is 4.79 Å². The van der Waals surface area contributed by atoms with E-state index in [1.165, 1.54) is 5.19 Å². The second-order valence-electron chi connectivity index (χ2n) is 9.16. The fourth-order valence-electron chi connectivity index (χ4n) is 2.84. The van der Waals surface area contributed by atoms with Crippen LogP contribution in [0.3, 0.4) is 0 Å². The van der Waals surface area contributed by atoms with E-state index >= 15 is 0 Å². The monoisotopic (exact) mass is 443 g/mol. The molecular weight excluding hydrogens is 410 g/mol. The molecule has 1 unspecified atom stereocenters. The summed E-state index contributed by atoms with van der Waals surface area (Å²) in [6.45, 7) is 10.0. The molecule has 0 aliphatic carbocycles. The second-order valence-corrected chi connectivity index (χ2v) is 14.2. The maximum atomic E-state index is 13.1. The van der Waals surface area contributed by atoms with Crippen molar-refractivity contribution in [2.75, 3.05) is 19.0 Å². The minimum atomic E-state index is -1.44. The highest BCUT2D eigenvalue weighted by molar-refractivity contribution is 6.88. The number of methoxy groups -OCH3 is 1. The Bertz CT molecular complexity index is 885. The number of hydrogen-bond donors (Lipinski definition) is 4. The molecule has 7 nitrogen and oxygen atoms in total. The predicted octanol–water partition coefficient (Wildman–Crippen LogP) is 2.99. The molecule has 2 rings (SSSR count). The number of anilines is 1. The van der Waals surface area contributed by atoms with Gasteiger partial charge in [0, 0.05) is 12.2 Å². The minimum absolute atomic E-state index is 0.0495. The summed E-state index contributed by atoms with van der Waals surface area (Å²) in [5.74, 6) is 0.278. The quantitative estimate of drug-likeness (QED) is 0.471. The number of carbonyl (C=O) groups is 2. The first kappa shape index (κ1) is 24.4. The van der Waals surface area contributed by atoms with Crippen molar-refractivity contribution >= 4 is 30.9 Å². The molecule has 0 aromatic heterocycles. The Balaban J connectivity index is 2.19. The van der Waals surface area contributed by atoms with E-state index in [4.69, 9.17) is 4.74 Å². The summed E-state index contributed by atoms with van der Waals surface area (Å²) in [6.07, 6.45) is 0. The Morgan fingerprint density at radius 2 is 1.61 bits per heavy atom. The van der Waals surface area contributed by atoms with E-state index in [-0.39, 0.29) is 12.5 Å². The van der Waals surface area contributed by atoms with Gasteiger partial charge < -0.3 is 25.8 Å². The average Bonchev–Trinajstić information content (AvgIpc) is 2.70. The zero-order chi connectivity index (χ0) is 23.2.